The maximum atomic E-state index is 6.74. The number of hydrogen-bond acceptors (Lipinski definition) is 2. The molecule has 2 aliphatic rings. The molecule has 0 N–H and O–H groups in total. The van der Waals surface area contributed by atoms with Crippen molar-refractivity contribution in [3.8, 4) is 5.75 Å². The summed E-state index contributed by atoms with van der Waals surface area (Å²) >= 11 is 1.99. The van der Waals surface area contributed by atoms with Crippen LogP contribution < -0.4 is 4.74 Å². The third kappa shape index (κ3) is 4.19. The third-order valence-corrected chi connectivity index (χ3v) is 9.93. The van der Waals surface area contributed by atoms with Crippen LogP contribution in [0.15, 0.2) is 132 Å². The van der Waals surface area contributed by atoms with Gasteiger partial charge in [0, 0.05) is 22.3 Å². The fourth-order valence-corrected chi connectivity index (χ4v) is 7.85. The Morgan fingerprint density at radius 3 is 1.90 bits per heavy atom. The van der Waals surface area contributed by atoms with Crippen molar-refractivity contribution in [1.82, 2.24) is 0 Å². The van der Waals surface area contributed by atoms with Crippen molar-refractivity contribution in [2.24, 2.45) is 0 Å². The summed E-state index contributed by atoms with van der Waals surface area (Å²) in [6.45, 7) is 0. The Balaban J connectivity index is 1.18. The van der Waals surface area contributed by atoms with Gasteiger partial charge in [-0.15, -0.1) is 11.8 Å². The van der Waals surface area contributed by atoms with Gasteiger partial charge in [0.05, 0.1) is 0 Å². The van der Waals surface area contributed by atoms with E-state index in [0.29, 0.717) is 11.8 Å². The van der Waals surface area contributed by atoms with Crippen molar-refractivity contribution in [2.75, 3.05) is 5.75 Å². The van der Waals surface area contributed by atoms with Crippen LogP contribution in [0.2, 0.25) is 0 Å². The number of fused-ring (bicyclic) bond motifs is 4. The minimum absolute atomic E-state index is 0.0147. The summed E-state index contributed by atoms with van der Waals surface area (Å²) in [5, 5.41) is 5.21. The van der Waals surface area contributed by atoms with Gasteiger partial charge in [-0.2, -0.15) is 0 Å². The normalized spacial score (nSPS) is 20.1. The number of thioether (sulfide) groups is 1. The van der Waals surface area contributed by atoms with E-state index in [-0.39, 0.29) is 6.10 Å². The minimum Gasteiger partial charge on any atom is -0.485 e. The Hall–Kier alpha value is -4.01. The first-order valence-electron chi connectivity index (χ1n) is 14.3. The molecule has 6 aromatic carbocycles. The molecule has 2 aliphatic heterocycles. The summed E-state index contributed by atoms with van der Waals surface area (Å²) in [6, 6.07) is 47.0. The van der Waals surface area contributed by atoms with Crippen molar-refractivity contribution in [1.29, 1.82) is 0 Å². The first kappa shape index (κ1) is 23.8. The van der Waals surface area contributed by atoms with Crippen LogP contribution in [0.5, 0.6) is 5.75 Å². The molecule has 0 saturated carbocycles. The average Bonchev–Trinajstić information content (AvgIpc) is 3.03. The van der Waals surface area contributed by atoms with E-state index in [1.54, 1.807) is 0 Å². The lowest BCUT2D eigenvalue weighted by atomic mass is 9.81. The van der Waals surface area contributed by atoms with Crippen LogP contribution >= 0.6 is 11.8 Å². The molecule has 0 aromatic heterocycles. The van der Waals surface area contributed by atoms with Crippen molar-refractivity contribution in [3.05, 3.63) is 155 Å². The van der Waals surface area contributed by atoms with Crippen LogP contribution in [0.4, 0.5) is 0 Å². The van der Waals surface area contributed by atoms with Gasteiger partial charge in [0.25, 0.3) is 0 Å². The summed E-state index contributed by atoms with van der Waals surface area (Å²) in [7, 11) is 0. The number of hydrogen-bond donors (Lipinski definition) is 0. The van der Waals surface area contributed by atoms with Crippen LogP contribution in [0.25, 0.3) is 21.5 Å². The van der Waals surface area contributed by atoms with Gasteiger partial charge < -0.3 is 4.74 Å². The lowest BCUT2D eigenvalue weighted by Gasteiger charge is -2.34. The third-order valence-electron chi connectivity index (χ3n) is 8.81. The fraction of sp³-hybridized carbons (Fsp3) is 0.158. The molecule has 2 heteroatoms. The molecule has 1 nitrogen and oxygen atoms in total. The van der Waals surface area contributed by atoms with Gasteiger partial charge in [-0.3, -0.25) is 0 Å². The molecule has 2 heterocycles. The first-order valence-corrected chi connectivity index (χ1v) is 15.3. The Morgan fingerprint density at radius 2 is 1.15 bits per heavy atom. The highest BCUT2D eigenvalue weighted by molar-refractivity contribution is 7.99. The summed E-state index contributed by atoms with van der Waals surface area (Å²) in [4.78, 5) is 1.41. The molecule has 194 valence electrons. The van der Waals surface area contributed by atoms with Crippen LogP contribution in [0.1, 0.15) is 58.6 Å². The second-order valence-electron chi connectivity index (χ2n) is 11.1. The molecule has 3 atom stereocenters. The number of benzene rings is 6. The van der Waals surface area contributed by atoms with Crippen molar-refractivity contribution >= 4 is 33.3 Å². The van der Waals surface area contributed by atoms with E-state index < -0.39 is 0 Å². The van der Waals surface area contributed by atoms with Crippen molar-refractivity contribution in [2.45, 2.75) is 35.7 Å². The lowest BCUT2D eigenvalue weighted by molar-refractivity contribution is 0.167. The summed E-state index contributed by atoms with van der Waals surface area (Å²) in [6.07, 6.45) is 2.11. The first-order chi connectivity index (χ1) is 19.8. The maximum Gasteiger partial charge on any atom is 0.125 e. The molecule has 40 heavy (non-hydrogen) atoms. The van der Waals surface area contributed by atoms with Gasteiger partial charge in [0.2, 0.25) is 0 Å². The standard InChI is InChI=1S/C38H30OS/c1-3-9-27-21-29(15-13-25(27)7-1)32-19-20-40-38-18-17-31(23-35(32)38)37-24-34(33-11-5-6-12-36(33)39-37)30-16-14-26-8-2-4-10-28(26)22-30/h1-18,21-23,32,34,37H,19-20,24H2. The van der Waals surface area contributed by atoms with Crippen molar-refractivity contribution < 1.29 is 4.74 Å². The van der Waals surface area contributed by atoms with E-state index in [1.165, 1.54) is 54.3 Å². The molecule has 0 aliphatic carbocycles. The monoisotopic (exact) mass is 534 g/mol. The van der Waals surface area contributed by atoms with E-state index in [4.69, 9.17) is 4.74 Å². The van der Waals surface area contributed by atoms with Crippen molar-refractivity contribution in [3.63, 3.8) is 0 Å². The molecule has 8 rings (SSSR count). The van der Waals surface area contributed by atoms with E-state index in [2.05, 4.69) is 127 Å². The van der Waals surface area contributed by atoms with Crippen LogP contribution in [-0.2, 0) is 0 Å². The molecular formula is C38H30OS. The number of para-hydroxylation sites is 1. The molecule has 0 amide bonds. The van der Waals surface area contributed by atoms with Crippen LogP contribution in [0.3, 0.4) is 0 Å². The Morgan fingerprint density at radius 1 is 0.525 bits per heavy atom. The molecule has 0 radical (unpaired) electrons. The molecule has 0 spiro atoms. The van der Waals surface area contributed by atoms with E-state index in [9.17, 15) is 0 Å². The number of rotatable bonds is 3. The zero-order valence-corrected chi connectivity index (χ0v) is 23.1. The molecule has 3 unspecified atom stereocenters. The van der Waals surface area contributed by atoms with Gasteiger partial charge in [0.1, 0.15) is 11.9 Å². The van der Waals surface area contributed by atoms with Gasteiger partial charge in [-0.05, 0) is 74.5 Å². The minimum atomic E-state index is 0.0147. The van der Waals surface area contributed by atoms with Gasteiger partial charge in [-0.1, -0.05) is 115 Å². The molecular weight excluding hydrogens is 504 g/mol. The summed E-state index contributed by atoms with van der Waals surface area (Å²) < 4.78 is 6.74. The van der Waals surface area contributed by atoms with E-state index >= 15 is 0 Å². The zero-order chi connectivity index (χ0) is 26.5. The SMILES string of the molecule is c1ccc2c(c1)OC(c1ccc3c(c1)C(c1ccc4ccccc4c1)CCS3)CC2c1ccc2ccccc2c1. The van der Waals surface area contributed by atoms with Gasteiger partial charge >= 0.3 is 0 Å². The molecule has 0 saturated heterocycles. The predicted octanol–water partition coefficient (Wildman–Crippen LogP) is 10.3. The Bertz CT molecular complexity index is 1870. The predicted molar refractivity (Wildman–Crippen MR) is 168 cm³/mol. The average molecular weight is 535 g/mol. The van der Waals surface area contributed by atoms with Gasteiger partial charge in [-0.25, -0.2) is 0 Å². The topological polar surface area (TPSA) is 9.23 Å². The highest BCUT2D eigenvalue weighted by Crippen LogP contribution is 2.48. The summed E-state index contributed by atoms with van der Waals surface area (Å²) in [5.74, 6) is 2.87. The highest BCUT2D eigenvalue weighted by Gasteiger charge is 2.32. The number of ether oxygens (including phenoxy) is 1. The second-order valence-corrected chi connectivity index (χ2v) is 12.3. The smallest absolute Gasteiger partial charge is 0.125 e. The molecule has 0 bridgehead atoms. The largest absolute Gasteiger partial charge is 0.485 e. The zero-order valence-electron chi connectivity index (χ0n) is 22.3. The highest BCUT2D eigenvalue weighted by atomic mass is 32.2. The summed E-state index contributed by atoms with van der Waals surface area (Å²) in [5.41, 5.74) is 6.81. The van der Waals surface area contributed by atoms with E-state index in [0.717, 1.165) is 24.3 Å². The molecule has 6 aromatic rings. The molecule has 0 fully saturated rings. The van der Waals surface area contributed by atoms with Crippen LogP contribution in [-0.4, -0.2) is 5.75 Å². The Labute approximate surface area is 239 Å². The fourth-order valence-electron chi connectivity index (χ4n) is 6.75. The van der Waals surface area contributed by atoms with E-state index in [1.807, 2.05) is 11.8 Å². The van der Waals surface area contributed by atoms with Crippen LogP contribution in [0, 0.1) is 0 Å². The van der Waals surface area contributed by atoms with Gasteiger partial charge in [0.15, 0.2) is 0 Å². The second kappa shape index (κ2) is 9.87. The lowest BCUT2D eigenvalue weighted by Crippen LogP contribution is -2.20. The Kier molecular flexibility index (Phi) is 5.88. The maximum absolute atomic E-state index is 6.74. The quantitative estimate of drug-likeness (QED) is 0.223.